The molecule has 19 heavy (non-hydrogen) atoms. The molecule has 0 radical (unpaired) electrons. The van der Waals surface area contributed by atoms with Crippen molar-refractivity contribution in [2.75, 3.05) is 11.1 Å². The van der Waals surface area contributed by atoms with Crippen LogP contribution in [0.3, 0.4) is 0 Å². The van der Waals surface area contributed by atoms with E-state index >= 15 is 0 Å². The van der Waals surface area contributed by atoms with Crippen molar-refractivity contribution in [2.45, 2.75) is 0 Å². The summed E-state index contributed by atoms with van der Waals surface area (Å²) < 4.78 is 0. The zero-order valence-corrected chi connectivity index (χ0v) is 11.7. The molecule has 2 aromatic rings. The predicted molar refractivity (Wildman–Crippen MR) is 78.1 cm³/mol. The van der Waals surface area contributed by atoms with E-state index < -0.39 is 0 Å². The van der Waals surface area contributed by atoms with Crippen molar-refractivity contribution < 1.29 is 4.79 Å². The van der Waals surface area contributed by atoms with Gasteiger partial charge in [-0.1, -0.05) is 34.8 Å². The number of benzene rings is 1. The summed E-state index contributed by atoms with van der Waals surface area (Å²) in [5.41, 5.74) is 6.70. The third kappa shape index (κ3) is 3.29. The summed E-state index contributed by atoms with van der Waals surface area (Å²) in [5.74, 6) is -0.346. The number of amides is 1. The largest absolute Gasteiger partial charge is 0.396 e. The molecule has 0 bridgehead atoms. The van der Waals surface area contributed by atoms with Crippen LogP contribution in [-0.4, -0.2) is 10.9 Å². The van der Waals surface area contributed by atoms with Gasteiger partial charge in [-0.05, 0) is 24.3 Å². The molecule has 2 rings (SSSR count). The van der Waals surface area contributed by atoms with Gasteiger partial charge in [0.15, 0.2) is 0 Å². The summed E-state index contributed by atoms with van der Waals surface area (Å²) in [5, 5.41) is 3.51. The highest BCUT2D eigenvalue weighted by Crippen LogP contribution is 2.31. The summed E-state index contributed by atoms with van der Waals surface area (Å²) in [6, 6.07) is 6.12. The smallest absolute Gasteiger partial charge is 0.257 e. The lowest BCUT2D eigenvalue weighted by atomic mass is 10.2. The molecule has 0 saturated carbocycles. The van der Waals surface area contributed by atoms with Gasteiger partial charge >= 0.3 is 0 Å². The van der Waals surface area contributed by atoms with Gasteiger partial charge in [0.2, 0.25) is 0 Å². The number of rotatable bonds is 2. The molecule has 0 saturated heterocycles. The van der Waals surface area contributed by atoms with Crippen molar-refractivity contribution in [3.63, 3.8) is 0 Å². The number of hydrogen-bond acceptors (Lipinski definition) is 3. The fraction of sp³-hybridized carbons (Fsp3) is 0. The maximum absolute atomic E-state index is 11.9. The van der Waals surface area contributed by atoms with Crippen LogP contribution in [-0.2, 0) is 0 Å². The number of anilines is 2. The van der Waals surface area contributed by atoms with Crippen LogP contribution in [0.5, 0.6) is 0 Å². The molecule has 0 aliphatic rings. The number of pyridine rings is 1. The monoisotopic (exact) mass is 315 g/mol. The van der Waals surface area contributed by atoms with Gasteiger partial charge < -0.3 is 11.1 Å². The molecule has 0 atom stereocenters. The van der Waals surface area contributed by atoms with E-state index in [1.807, 2.05) is 0 Å². The van der Waals surface area contributed by atoms with Crippen molar-refractivity contribution >= 4 is 52.1 Å². The molecule has 1 aromatic carbocycles. The highest BCUT2D eigenvalue weighted by Gasteiger charge is 2.10. The van der Waals surface area contributed by atoms with E-state index in [1.54, 1.807) is 6.07 Å². The lowest BCUT2D eigenvalue weighted by Gasteiger charge is -2.08. The molecule has 0 aliphatic heterocycles. The Morgan fingerprint density at radius 2 is 1.79 bits per heavy atom. The topological polar surface area (TPSA) is 68.0 Å². The maximum atomic E-state index is 11.9. The summed E-state index contributed by atoms with van der Waals surface area (Å²) >= 11 is 17.4. The Morgan fingerprint density at radius 3 is 2.32 bits per heavy atom. The predicted octanol–water partition coefficient (Wildman–Crippen LogP) is 3.88. The standard InChI is InChI=1S/C12H8Cl3N3O/c13-8-3-7(4-9(14)11(8)16)18-12(19)6-1-2-10(15)17-5-6/h1-5H,16H2,(H,18,19). The Labute approximate surface area is 124 Å². The third-order valence-electron chi connectivity index (χ3n) is 2.33. The fourth-order valence-electron chi connectivity index (χ4n) is 1.37. The zero-order chi connectivity index (χ0) is 14.0. The Hall–Kier alpha value is -1.49. The number of nitrogens with two attached hydrogens (primary N) is 1. The maximum Gasteiger partial charge on any atom is 0.257 e. The first kappa shape index (κ1) is 13.9. The molecule has 0 spiro atoms. The number of halogens is 3. The van der Waals surface area contributed by atoms with Crippen LogP contribution in [0.15, 0.2) is 30.5 Å². The van der Waals surface area contributed by atoms with Gasteiger partial charge in [0.05, 0.1) is 21.3 Å². The first-order valence-corrected chi connectivity index (χ1v) is 6.28. The van der Waals surface area contributed by atoms with E-state index in [0.717, 1.165) is 0 Å². The Balaban J connectivity index is 2.22. The van der Waals surface area contributed by atoms with E-state index in [1.165, 1.54) is 24.4 Å². The highest BCUT2D eigenvalue weighted by atomic mass is 35.5. The number of carbonyl (C=O) groups excluding carboxylic acids is 1. The van der Waals surface area contributed by atoms with E-state index in [4.69, 9.17) is 40.5 Å². The molecule has 3 N–H and O–H groups in total. The zero-order valence-electron chi connectivity index (χ0n) is 9.45. The Bertz CT molecular complexity index is 606. The number of aromatic nitrogens is 1. The fourth-order valence-corrected chi connectivity index (χ4v) is 1.97. The second kappa shape index (κ2) is 5.65. The summed E-state index contributed by atoms with van der Waals surface area (Å²) in [4.78, 5) is 15.7. The Kier molecular flexibility index (Phi) is 4.14. The Morgan fingerprint density at radius 1 is 1.16 bits per heavy atom. The van der Waals surface area contributed by atoms with E-state index in [9.17, 15) is 4.79 Å². The summed E-state index contributed by atoms with van der Waals surface area (Å²) in [6.45, 7) is 0. The second-order valence-electron chi connectivity index (χ2n) is 3.68. The average Bonchev–Trinajstić information content (AvgIpc) is 2.36. The van der Waals surface area contributed by atoms with Crippen LogP contribution in [0.1, 0.15) is 10.4 Å². The summed E-state index contributed by atoms with van der Waals surface area (Å²) in [7, 11) is 0. The van der Waals surface area contributed by atoms with Gasteiger partial charge in [-0.15, -0.1) is 0 Å². The van der Waals surface area contributed by atoms with Crippen LogP contribution >= 0.6 is 34.8 Å². The molecule has 4 nitrogen and oxygen atoms in total. The minimum absolute atomic E-state index is 0.273. The molecule has 98 valence electrons. The van der Waals surface area contributed by atoms with Crippen molar-refractivity contribution in [2.24, 2.45) is 0 Å². The number of nitrogen functional groups attached to an aromatic ring is 1. The van der Waals surface area contributed by atoms with Crippen molar-refractivity contribution in [3.05, 3.63) is 51.2 Å². The van der Waals surface area contributed by atoms with E-state index in [0.29, 0.717) is 16.4 Å². The SMILES string of the molecule is Nc1c(Cl)cc(NC(=O)c2ccc(Cl)nc2)cc1Cl. The van der Waals surface area contributed by atoms with Gasteiger partial charge in [0.1, 0.15) is 5.15 Å². The van der Waals surface area contributed by atoms with E-state index in [-0.39, 0.29) is 21.6 Å². The average molecular weight is 317 g/mol. The normalized spacial score (nSPS) is 10.3. The van der Waals surface area contributed by atoms with Gasteiger partial charge in [-0.25, -0.2) is 4.98 Å². The summed E-state index contributed by atoms with van der Waals surface area (Å²) in [6.07, 6.45) is 1.37. The minimum atomic E-state index is -0.346. The number of hydrogen-bond donors (Lipinski definition) is 2. The van der Waals surface area contributed by atoms with Crippen LogP contribution in [0.2, 0.25) is 15.2 Å². The molecule has 7 heteroatoms. The molecule has 0 unspecified atom stereocenters. The molecule has 0 fully saturated rings. The quantitative estimate of drug-likeness (QED) is 0.652. The van der Waals surface area contributed by atoms with Crippen LogP contribution in [0.4, 0.5) is 11.4 Å². The van der Waals surface area contributed by atoms with E-state index in [2.05, 4.69) is 10.3 Å². The van der Waals surface area contributed by atoms with Gasteiger partial charge in [0.25, 0.3) is 5.91 Å². The molecular formula is C12H8Cl3N3O. The molecule has 1 aromatic heterocycles. The molecular weight excluding hydrogens is 309 g/mol. The highest BCUT2D eigenvalue weighted by molar-refractivity contribution is 6.39. The van der Waals surface area contributed by atoms with Gasteiger partial charge in [-0.3, -0.25) is 4.79 Å². The van der Waals surface area contributed by atoms with Crippen LogP contribution < -0.4 is 11.1 Å². The second-order valence-corrected chi connectivity index (χ2v) is 4.88. The molecule has 1 heterocycles. The molecule has 0 aliphatic carbocycles. The lowest BCUT2D eigenvalue weighted by molar-refractivity contribution is 0.102. The number of nitrogens with zero attached hydrogens (tertiary/aromatic N) is 1. The number of carbonyl (C=O) groups is 1. The minimum Gasteiger partial charge on any atom is -0.396 e. The van der Waals surface area contributed by atoms with Crippen molar-refractivity contribution in [3.8, 4) is 0 Å². The number of nitrogens with one attached hydrogen (secondary N) is 1. The lowest BCUT2D eigenvalue weighted by Crippen LogP contribution is -2.12. The first-order chi connectivity index (χ1) is 8.97. The molecule has 1 amide bonds. The van der Waals surface area contributed by atoms with Crippen LogP contribution in [0, 0.1) is 0 Å². The van der Waals surface area contributed by atoms with Gasteiger partial charge in [0, 0.05) is 11.9 Å². The van der Waals surface area contributed by atoms with Crippen molar-refractivity contribution in [1.82, 2.24) is 4.98 Å². The van der Waals surface area contributed by atoms with Crippen LogP contribution in [0.25, 0.3) is 0 Å². The van der Waals surface area contributed by atoms with Crippen molar-refractivity contribution in [1.29, 1.82) is 0 Å². The van der Waals surface area contributed by atoms with Gasteiger partial charge in [-0.2, -0.15) is 0 Å². The third-order valence-corrected chi connectivity index (χ3v) is 3.18. The first-order valence-electron chi connectivity index (χ1n) is 5.15.